The van der Waals surface area contributed by atoms with Crippen LogP contribution in [0.2, 0.25) is 0 Å². The maximum atomic E-state index is 5.37. The lowest BCUT2D eigenvalue weighted by atomic mass is 10.0. The van der Waals surface area contributed by atoms with Crippen LogP contribution < -0.4 is 14.8 Å². The van der Waals surface area contributed by atoms with Crippen LogP contribution in [0.1, 0.15) is 19.4 Å². The Kier molecular flexibility index (Phi) is 5.88. The quantitative estimate of drug-likeness (QED) is 0.871. The number of piperazine rings is 1. The summed E-state index contributed by atoms with van der Waals surface area (Å²) in [6.07, 6.45) is 1.05. The first-order chi connectivity index (χ1) is 10.1. The van der Waals surface area contributed by atoms with E-state index in [1.807, 2.05) is 6.07 Å². The first-order valence-corrected chi connectivity index (χ1v) is 7.80. The number of benzene rings is 1. The third kappa shape index (κ3) is 4.35. The standard InChI is InChI=1S/C17H28N2O2/c1-13(2)15-12-19(10-8-18-15)9-7-14-5-6-16(20-3)17(11-14)21-4/h5-6,11,13,15,18H,7-10,12H2,1-4H3. The Morgan fingerprint density at radius 3 is 2.67 bits per heavy atom. The third-order valence-electron chi connectivity index (χ3n) is 4.26. The second kappa shape index (κ2) is 7.66. The molecule has 1 unspecified atom stereocenters. The van der Waals surface area contributed by atoms with Gasteiger partial charge in [0.25, 0.3) is 0 Å². The van der Waals surface area contributed by atoms with Crippen LogP contribution in [0, 0.1) is 5.92 Å². The van der Waals surface area contributed by atoms with Crippen molar-refractivity contribution in [2.24, 2.45) is 5.92 Å². The van der Waals surface area contributed by atoms with Crippen molar-refractivity contribution in [3.63, 3.8) is 0 Å². The summed E-state index contributed by atoms with van der Waals surface area (Å²) >= 11 is 0. The largest absolute Gasteiger partial charge is 0.493 e. The Balaban J connectivity index is 1.90. The van der Waals surface area contributed by atoms with Crippen LogP contribution in [0.3, 0.4) is 0 Å². The van der Waals surface area contributed by atoms with Gasteiger partial charge in [-0.15, -0.1) is 0 Å². The monoisotopic (exact) mass is 292 g/mol. The molecule has 1 fully saturated rings. The number of nitrogens with zero attached hydrogens (tertiary/aromatic N) is 1. The fourth-order valence-electron chi connectivity index (χ4n) is 2.82. The smallest absolute Gasteiger partial charge is 0.160 e. The summed E-state index contributed by atoms with van der Waals surface area (Å²) in [5.74, 6) is 2.30. The molecule has 4 nitrogen and oxygen atoms in total. The number of methoxy groups -OCH3 is 2. The van der Waals surface area contributed by atoms with E-state index in [1.54, 1.807) is 14.2 Å². The molecule has 0 aliphatic carbocycles. The van der Waals surface area contributed by atoms with Crippen molar-refractivity contribution in [2.75, 3.05) is 40.4 Å². The number of ether oxygens (including phenoxy) is 2. The average Bonchev–Trinajstić information content (AvgIpc) is 2.52. The number of hydrogen-bond donors (Lipinski definition) is 1. The highest BCUT2D eigenvalue weighted by Gasteiger charge is 2.21. The Morgan fingerprint density at radius 2 is 2.00 bits per heavy atom. The second-order valence-electron chi connectivity index (χ2n) is 6.04. The van der Waals surface area contributed by atoms with Crippen molar-refractivity contribution in [3.05, 3.63) is 23.8 Å². The highest BCUT2D eigenvalue weighted by molar-refractivity contribution is 5.42. The molecule has 21 heavy (non-hydrogen) atoms. The maximum absolute atomic E-state index is 5.37. The van der Waals surface area contributed by atoms with Gasteiger partial charge in [0.15, 0.2) is 11.5 Å². The highest BCUT2D eigenvalue weighted by atomic mass is 16.5. The van der Waals surface area contributed by atoms with Crippen molar-refractivity contribution >= 4 is 0 Å². The van der Waals surface area contributed by atoms with Crippen molar-refractivity contribution in [1.82, 2.24) is 10.2 Å². The predicted molar refractivity (Wildman–Crippen MR) is 86.3 cm³/mol. The second-order valence-corrected chi connectivity index (χ2v) is 6.04. The van der Waals surface area contributed by atoms with Gasteiger partial charge in [-0.1, -0.05) is 19.9 Å². The molecular weight excluding hydrogens is 264 g/mol. The lowest BCUT2D eigenvalue weighted by Crippen LogP contribution is -2.53. The molecule has 1 aromatic rings. The molecule has 1 N–H and O–H groups in total. The number of nitrogens with one attached hydrogen (secondary N) is 1. The lowest BCUT2D eigenvalue weighted by molar-refractivity contribution is 0.177. The van der Waals surface area contributed by atoms with Crippen molar-refractivity contribution in [2.45, 2.75) is 26.3 Å². The Bertz CT molecular complexity index is 448. The van der Waals surface area contributed by atoms with Gasteiger partial charge in [-0.2, -0.15) is 0 Å². The summed E-state index contributed by atoms with van der Waals surface area (Å²) in [5, 5.41) is 3.60. The van der Waals surface area contributed by atoms with E-state index in [-0.39, 0.29) is 0 Å². The maximum Gasteiger partial charge on any atom is 0.160 e. The van der Waals surface area contributed by atoms with Crippen LogP contribution in [0.5, 0.6) is 11.5 Å². The van der Waals surface area contributed by atoms with Gasteiger partial charge in [0.05, 0.1) is 14.2 Å². The van der Waals surface area contributed by atoms with E-state index in [0.717, 1.165) is 44.1 Å². The first-order valence-electron chi connectivity index (χ1n) is 7.80. The Labute approximate surface area is 128 Å². The van der Waals surface area contributed by atoms with E-state index >= 15 is 0 Å². The van der Waals surface area contributed by atoms with E-state index in [9.17, 15) is 0 Å². The predicted octanol–water partition coefficient (Wildman–Crippen LogP) is 2.18. The van der Waals surface area contributed by atoms with Crippen LogP contribution in [0.15, 0.2) is 18.2 Å². The van der Waals surface area contributed by atoms with E-state index in [4.69, 9.17) is 9.47 Å². The molecule has 1 heterocycles. The van der Waals surface area contributed by atoms with Crippen molar-refractivity contribution in [1.29, 1.82) is 0 Å². The molecule has 0 radical (unpaired) electrons. The summed E-state index contributed by atoms with van der Waals surface area (Å²) in [5.41, 5.74) is 1.30. The molecule has 1 aliphatic rings. The summed E-state index contributed by atoms with van der Waals surface area (Å²) in [6.45, 7) is 9.04. The Hall–Kier alpha value is -1.26. The minimum absolute atomic E-state index is 0.615. The molecule has 1 saturated heterocycles. The fourth-order valence-corrected chi connectivity index (χ4v) is 2.82. The van der Waals surface area contributed by atoms with Crippen molar-refractivity contribution in [3.8, 4) is 11.5 Å². The molecule has 0 spiro atoms. The minimum atomic E-state index is 0.615. The molecule has 1 aromatic carbocycles. The van der Waals surface area contributed by atoms with Crippen LogP contribution >= 0.6 is 0 Å². The van der Waals surface area contributed by atoms with E-state index in [0.29, 0.717) is 12.0 Å². The summed E-state index contributed by atoms with van der Waals surface area (Å²) in [4.78, 5) is 2.55. The molecule has 4 heteroatoms. The van der Waals surface area contributed by atoms with E-state index in [1.165, 1.54) is 5.56 Å². The normalized spacial score (nSPS) is 19.8. The van der Waals surface area contributed by atoms with Gasteiger partial charge in [-0.25, -0.2) is 0 Å². The van der Waals surface area contributed by atoms with Crippen LogP contribution in [-0.4, -0.2) is 51.3 Å². The Morgan fingerprint density at radius 1 is 1.24 bits per heavy atom. The van der Waals surface area contributed by atoms with Crippen molar-refractivity contribution < 1.29 is 9.47 Å². The summed E-state index contributed by atoms with van der Waals surface area (Å²) < 4.78 is 10.7. The third-order valence-corrected chi connectivity index (χ3v) is 4.26. The van der Waals surface area contributed by atoms with Gasteiger partial charge < -0.3 is 19.7 Å². The molecule has 0 aromatic heterocycles. The zero-order chi connectivity index (χ0) is 15.2. The van der Waals surface area contributed by atoms with Gasteiger partial charge in [0.1, 0.15) is 0 Å². The topological polar surface area (TPSA) is 33.7 Å². The first kappa shape index (κ1) is 16.1. The van der Waals surface area contributed by atoms with E-state index < -0.39 is 0 Å². The molecule has 1 aliphatic heterocycles. The highest BCUT2D eigenvalue weighted by Crippen LogP contribution is 2.27. The summed E-state index contributed by atoms with van der Waals surface area (Å²) in [6, 6.07) is 6.82. The van der Waals surface area contributed by atoms with Crippen LogP contribution in [0.4, 0.5) is 0 Å². The zero-order valence-corrected chi connectivity index (χ0v) is 13.7. The van der Waals surface area contributed by atoms with Gasteiger partial charge >= 0.3 is 0 Å². The van der Waals surface area contributed by atoms with Gasteiger partial charge in [-0.3, -0.25) is 0 Å². The molecular formula is C17H28N2O2. The van der Waals surface area contributed by atoms with Crippen LogP contribution in [0.25, 0.3) is 0 Å². The lowest BCUT2D eigenvalue weighted by Gasteiger charge is -2.35. The number of hydrogen-bond acceptors (Lipinski definition) is 4. The van der Waals surface area contributed by atoms with E-state index in [2.05, 4.69) is 36.2 Å². The summed E-state index contributed by atoms with van der Waals surface area (Å²) in [7, 11) is 3.36. The fraction of sp³-hybridized carbons (Fsp3) is 0.647. The van der Waals surface area contributed by atoms with Gasteiger partial charge in [-0.05, 0) is 30.0 Å². The minimum Gasteiger partial charge on any atom is -0.493 e. The molecule has 0 amide bonds. The van der Waals surface area contributed by atoms with Gasteiger partial charge in [0, 0.05) is 32.2 Å². The number of rotatable bonds is 6. The SMILES string of the molecule is COc1ccc(CCN2CCNC(C(C)C)C2)cc1OC. The molecule has 0 saturated carbocycles. The average molecular weight is 292 g/mol. The molecule has 1 atom stereocenters. The molecule has 2 rings (SSSR count). The zero-order valence-electron chi connectivity index (χ0n) is 13.7. The van der Waals surface area contributed by atoms with Gasteiger partial charge in [0.2, 0.25) is 0 Å². The van der Waals surface area contributed by atoms with Crippen LogP contribution in [-0.2, 0) is 6.42 Å². The molecule has 0 bridgehead atoms. The molecule has 118 valence electrons.